The quantitative estimate of drug-likeness (QED) is 0.537. The molecule has 1 heteroatoms. The fourth-order valence-corrected chi connectivity index (χ4v) is 3.04. The zero-order chi connectivity index (χ0) is 17.6. The lowest BCUT2D eigenvalue weighted by Crippen LogP contribution is -1.99. The second-order valence-corrected chi connectivity index (χ2v) is 5.64. The summed E-state index contributed by atoms with van der Waals surface area (Å²) in [5, 5.41) is 0. The van der Waals surface area contributed by atoms with Crippen molar-refractivity contribution in [1.82, 2.24) is 4.57 Å². The summed E-state index contributed by atoms with van der Waals surface area (Å²) >= 11 is 0. The summed E-state index contributed by atoms with van der Waals surface area (Å²) in [5.74, 6) is 0. The molecule has 0 atom stereocenters. The summed E-state index contributed by atoms with van der Waals surface area (Å²) < 4.78 is 2.22. The van der Waals surface area contributed by atoms with Crippen molar-refractivity contribution < 1.29 is 0 Å². The van der Waals surface area contributed by atoms with Gasteiger partial charge in [0.25, 0.3) is 0 Å². The van der Waals surface area contributed by atoms with Crippen molar-refractivity contribution in [2.45, 2.75) is 6.92 Å². The van der Waals surface area contributed by atoms with Crippen LogP contribution in [0.1, 0.15) is 29.4 Å². The molecule has 0 aliphatic heterocycles. The van der Waals surface area contributed by atoms with Crippen molar-refractivity contribution in [2.24, 2.45) is 0 Å². The van der Waals surface area contributed by atoms with Crippen molar-refractivity contribution in [1.29, 1.82) is 0 Å². The van der Waals surface area contributed by atoms with Gasteiger partial charge in [0, 0.05) is 22.4 Å². The maximum atomic E-state index is 4.04. The first-order valence-electron chi connectivity index (χ1n) is 8.33. The number of nitrogens with zero attached hydrogens (tertiary/aromatic N) is 1. The minimum absolute atomic E-state index is 1.06. The average Bonchev–Trinajstić information content (AvgIpc) is 3.26. The third-order valence-electron chi connectivity index (χ3n) is 4.11. The van der Waals surface area contributed by atoms with Crippen molar-refractivity contribution in [2.75, 3.05) is 0 Å². The highest BCUT2D eigenvalue weighted by Gasteiger charge is 2.17. The van der Waals surface area contributed by atoms with E-state index in [1.54, 1.807) is 0 Å². The Morgan fingerprint density at radius 1 is 0.920 bits per heavy atom. The lowest BCUT2D eigenvalue weighted by molar-refractivity contribution is 1.04. The van der Waals surface area contributed by atoms with E-state index < -0.39 is 0 Å². The van der Waals surface area contributed by atoms with Crippen LogP contribution in [0.3, 0.4) is 0 Å². The predicted octanol–water partition coefficient (Wildman–Crippen LogP) is 6.46. The Balaban J connectivity index is 2.30. The van der Waals surface area contributed by atoms with Crippen molar-refractivity contribution in [3.63, 3.8) is 0 Å². The summed E-state index contributed by atoms with van der Waals surface area (Å²) in [7, 11) is 0. The topological polar surface area (TPSA) is 4.93 Å². The fraction of sp³-hybridized carbons (Fsp3) is 0.0417. The first-order chi connectivity index (χ1) is 12.3. The van der Waals surface area contributed by atoms with E-state index in [1.165, 1.54) is 0 Å². The van der Waals surface area contributed by atoms with Crippen LogP contribution in [0.25, 0.3) is 30.0 Å². The normalized spacial score (nSPS) is 13.1. The highest BCUT2D eigenvalue weighted by atomic mass is 15.0. The standard InChI is InChI=1S/C24H21N/c1-4-12-22-21(5-2)24(18-17-19-13-10-11-14-19)25(23(22)6-3)20-15-8-7-9-16-20/h4-13,15-18H,2-3H2,1H3/b12-4-,18-17-. The van der Waals surface area contributed by atoms with E-state index in [4.69, 9.17) is 0 Å². The number of hydrogen-bond donors (Lipinski definition) is 0. The Labute approximate surface area is 149 Å². The molecule has 3 rings (SSSR count). The molecule has 2 aromatic rings. The van der Waals surface area contributed by atoms with Gasteiger partial charge in [0.1, 0.15) is 0 Å². The first kappa shape index (κ1) is 16.6. The first-order valence-corrected chi connectivity index (χ1v) is 8.33. The van der Waals surface area contributed by atoms with Crippen LogP contribution in [0.2, 0.25) is 0 Å². The van der Waals surface area contributed by atoms with E-state index in [1.807, 2.05) is 61.6 Å². The highest BCUT2D eigenvalue weighted by Crippen LogP contribution is 2.31. The molecule has 1 heterocycles. The molecule has 1 nitrogen and oxygen atoms in total. The monoisotopic (exact) mass is 323 g/mol. The molecule has 0 saturated carbocycles. The smallest absolute Gasteiger partial charge is 0.0541 e. The van der Waals surface area contributed by atoms with Crippen LogP contribution in [-0.2, 0) is 0 Å². The van der Waals surface area contributed by atoms with Gasteiger partial charge in [-0.3, -0.25) is 0 Å². The van der Waals surface area contributed by atoms with Crippen LogP contribution in [0, 0.1) is 0 Å². The number of rotatable bonds is 6. The second kappa shape index (κ2) is 7.53. The fourth-order valence-electron chi connectivity index (χ4n) is 3.04. The van der Waals surface area contributed by atoms with Gasteiger partial charge in [-0.15, -0.1) is 5.73 Å². The molecule has 25 heavy (non-hydrogen) atoms. The SMILES string of the molecule is C=Cc1c(/C=C\C)c(C=C)n(-c2ccccc2)c1/C=C\C1=C=CC=C1. The van der Waals surface area contributed by atoms with Crippen LogP contribution in [0.4, 0.5) is 0 Å². The molecule has 0 amide bonds. The Morgan fingerprint density at radius 2 is 1.72 bits per heavy atom. The van der Waals surface area contributed by atoms with Crippen LogP contribution in [0.15, 0.2) is 85.2 Å². The van der Waals surface area contributed by atoms with Gasteiger partial charge in [-0.2, -0.15) is 0 Å². The molecule has 0 radical (unpaired) electrons. The molecule has 0 unspecified atom stereocenters. The summed E-state index contributed by atoms with van der Waals surface area (Å²) in [6, 6.07) is 10.3. The van der Waals surface area contributed by atoms with Gasteiger partial charge in [0.05, 0.1) is 11.4 Å². The van der Waals surface area contributed by atoms with Gasteiger partial charge in [-0.05, 0) is 49.4 Å². The Kier molecular flexibility index (Phi) is 4.99. The largest absolute Gasteiger partial charge is 0.309 e. The number of benzene rings is 1. The van der Waals surface area contributed by atoms with E-state index in [2.05, 4.69) is 53.8 Å². The molecule has 1 aromatic carbocycles. The molecule has 1 aromatic heterocycles. The number of allylic oxidation sites excluding steroid dienone is 5. The molecule has 122 valence electrons. The van der Waals surface area contributed by atoms with Crippen molar-refractivity contribution in [3.8, 4) is 5.69 Å². The molecule has 0 saturated heterocycles. The van der Waals surface area contributed by atoms with E-state index in [9.17, 15) is 0 Å². The van der Waals surface area contributed by atoms with Crippen LogP contribution in [-0.4, -0.2) is 4.57 Å². The molecule has 1 aliphatic rings. The molecular formula is C24H21N. The third-order valence-corrected chi connectivity index (χ3v) is 4.11. The van der Waals surface area contributed by atoms with Crippen LogP contribution >= 0.6 is 0 Å². The van der Waals surface area contributed by atoms with Gasteiger partial charge in [-0.1, -0.05) is 55.7 Å². The lowest BCUT2D eigenvalue weighted by atomic mass is 10.1. The molecule has 1 aliphatic carbocycles. The minimum atomic E-state index is 1.06. The molecule has 0 spiro atoms. The van der Waals surface area contributed by atoms with Crippen molar-refractivity contribution in [3.05, 3.63) is 108 Å². The zero-order valence-electron chi connectivity index (χ0n) is 14.4. The summed E-state index contributed by atoms with van der Waals surface area (Å²) in [6.45, 7) is 10.1. The van der Waals surface area contributed by atoms with Gasteiger partial charge in [0.15, 0.2) is 0 Å². The number of para-hydroxylation sites is 1. The van der Waals surface area contributed by atoms with E-state index in [-0.39, 0.29) is 0 Å². The van der Waals surface area contributed by atoms with E-state index in [0.29, 0.717) is 0 Å². The number of aromatic nitrogens is 1. The zero-order valence-corrected chi connectivity index (χ0v) is 14.4. The average molecular weight is 323 g/mol. The maximum absolute atomic E-state index is 4.04. The van der Waals surface area contributed by atoms with Gasteiger partial charge in [0.2, 0.25) is 0 Å². The van der Waals surface area contributed by atoms with Crippen LogP contribution in [0.5, 0.6) is 0 Å². The van der Waals surface area contributed by atoms with E-state index in [0.717, 1.165) is 33.8 Å². The Morgan fingerprint density at radius 3 is 2.32 bits per heavy atom. The molecule has 0 N–H and O–H groups in total. The van der Waals surface area contributed by atoms with E-state index >= 15 is 0 Å². The van der Waals surface area contributed by atoms with Crippen molar-refractivity contribution >= 4 is 24.3 Å². The third kappa shape index (κ3) is 3.19. The summed E-state index contributed by atoms with van der Waals surface area (Å²) in [4.78, 5) is 0. The molecular weight excluding hydrogens is 302 g/mol. The Hall–Kier alpha value is -3.28. The van der Waals surface area contributed by atoms with Gasteiger partial charge < -0.3 is 4.57 Å². The highest BCUT2D eigenvalue weighted by molar-refractivity contribution is 5.81. The Bertz CT molecular complexity index is 953. The van der Waals surface area contributed by atoms with Crippen LogP contribution < -0.4 is 0 Å². The predicted molar refractivity (Wildman–Crippen MR) is 110 cm³/mol. The minimum Gasteiger partial charge on any atom is -0.309 e. The van der Waals surface area contributed by atoms with Gasteiger partial charge in [-0.25, -0.2) is 0 Å². The summed E-state index contributed by atoms with van der Waals surface area (Å²) in [5.41, 5.74) is 9.73. The maximum Gasteiger partial charge on any atom is 0.0541 e. The molecule has 0 bridgehead atoms. The lowest BCUT2D eigenvalue weighted by Gasteiger charge is -2.10. The summed E-state index contributed by atoms with van der Waals surface area (Å²) in [6.07, 6.45) is 18.1. The number of hydrogen-bond acceptors (Lipinski definition) is 0. The molecule has 0 fully saturated rings. The van der Waals surface area contributed by atoms with Gasteiger partial charge >= 0.3 is 0 Å². The second-order valence-electron chi connectivity index (χ2n) is 5.64.